The molecule has 0 bridgehead atoms. The van der Waals surface area contributed by atoms with Crippen LogP contribution in [-0.4, -0.2) is 18.5 Å². The van der Waals surface area contributed by atoms with Gasteiger partial charge in [-0.2, -0.15) is 12.6 Å². The van der Waals surface area contributed by atoms with Crippen molar-refractivity contribution in [3.63, 3.8) is 0 Å². The lowest BCUT2D eigenvalue weighted by Crippen LogP contribution is -2.21. The quantitative estimate of drug-likeness (QED) is 0.156. The van der Waals surface area contributed by atoms with E-state index in [9.17, 15) is 0 Å². The number of thiol groups is 1. The SMILES string of the molecule is CC(S)NCCCCCCN=[N+]=[N-]. The van der Waals surface area contributed by atoms with Crippen molar-refractivity contribution in [1.29, 1.82) is 0 Å². The first kappa shape index (κ1) is 12.6. The maximum absolute atomic E-state index is 8.01. The fraction of sp³-hybridized carbons (Fsp3) is 1.00. The van der Waals surface area contributed by atoms with Crippen LogP contribution in [-0.2, 0) is 0 Å². The van der Waals surface area contributed by atoms with Gasteiger partial charge in [-0.25, -0.2) is 0 Å². The summed E-state index contributed by atoms with van der Waals surface area (Å²) in [5, 5.41) is 6.98. The first-order chi connectivity index (χ1) is 6.27. The molecule has 0 aliphatic heterocycles. The van der Waals surface area contributed by atoms with Crippen LogP contribution in [0.3, 0.4) is 0 Å². The van der Waals surface area contributed by atoms with Crippen LogP contribution in [0.5, 0.6) is 0 Å². The minimum absolute atomic E-state index is 0.281. The molecule has 0 radical (unpaired) electrons. The van der Waals surface area contributed by atoms with Crippen LogP contribution in [0, 0.1) is 0 Å². The van der Waals surface area contributed by atoms with Crippen molar-refractivity contribution in [3.8, 4) is 0 Å². The molecule has 0 aromatic heterocycles. The minimum Gasteiger partial charge on any atom is -0.306 e. The predicted octanol–water partition coefficient (Wildman–Crippen LogP) is 2.72. The molecule has 0 saturated heterocycles. The number of nitrogens with one attached hydrogen (secondary N) is 1. The highest BCUT2D eigenvalue weighted by atomic mass is 32.1. The van der Waals surface area contributed by atoms with E-state index in [0.29, 0.717) is 6.54 Å². The molecule has 1 unspecified atom stereocenters. The summed E-state index contributed by atoms with van der Waals surface area (Å²) in [4.78, 5) is 2.70. The third-order valence-corrected chi connectivity index (χ3v) is 1.87. The Bertz CT molecular complexity index is 154. The van der Waals surface area contributed by atoms with Gasteiger partial charge in [-0.15, -0.1) is 0 Å². The highest BCUT2D eigenvalue weighted by molar-refractivity contribution is 7.80. The average molecular weight is 202 g/mol. The molecule has 0 aliphatic rings. The Hall–Kier alpha value is -0.380. The fourth-order valence-electron chi connectivity index (χ4n) is 1.02. The van der Waals surface area contributed by atoms with Crippen molar-refractivity contribution in [1.82, 2.24) is 5.32 Å². The highest BCUT2D eigenvalue weighted by Gasteiger charge is 1.92. The highest BCUT2D eigenvalue weighted by Crippen LogP contribution is 1.99. The van der Waals surface area contributed by atoms with Crippen LogP contribution >= 0.6 is 12.6 Å². The summed E-state index contributed by atoms with van der Waals surface area (Å²) in [5.74, 6) is 0. The van der Waals surface area contributed by atoms with E-state index in [-0.39, 0.29) is 5.37 Å². The van der Waals surface area contributed by atoms with Crippen LogP contribution in [0.15, 0.2) is 5.11 Å². The Morgan fingerprint density at radius 1 is 1.38 bits per heavy atom. The second kappa shape index (κ2) is 9.71. The van der Waals surface area contributed by atoms with Crippen molar-refractivity contribution in [2.24, 2.45) is 5.11 Å². The number of hydrogen-bond donors (Lipinski definition) is 2. The Morgan fingerprint density at radius 2 is 2.08 bits per heavy atom. The largest absolute Gasteiger partial charge is 0.306 e. The smallest absolute Gasteiger partial charge is 0.0473 e. The summed E-state index contributed by atoms with van der Waals surface area (Å²) in [6.45, 7) is 3.67. The predicted molar refractivity (Wildman–Crippen MR) is 58.9 cm³/mol. The van der Waals surface area contributed by atoms with Crippen molar-refractivity contribution in [2.75, 3.05) is 13.1 Å². The van der Waals surface area contributed by atoms with E-state index < -0.39 is 0 Å². The molecule has 0 aromatic carbocycles. The van der Waals surface area contributed by atoms with Gasteiger partial charge in [0.25, 0.3) is 0 Å². The van der Waals surface area contributed by atoms with Gasteiger partial charge < -0.3 is 5.32 Å². The van der Waals surface area contributed by atoms with Crippen molar-refractivity contribution in [3.05, 3.63) is 10.4 Å². The standard InChI is InChI=1S/C8H18N4S/c1-8(13)10-6-4-2-3-5-7-11-12-9/h8,10,13H,2-7H2,1H3. The van der Waals surface area contributed by atoms with Gasteiger partial charge in [0.05, 0.1) is 0 Å². The zero-order chi connectivity index (χ0) is 9.94. The molecule has 0 fully saturated rings. The van der Waals surface area contributed by atoms with Crippen LogP contribution in [0.25, 0.3) is 10.4 Å². The number of unbranched alkanes of at least 4 members (excludes halogenated alkanes) is 3. The van der Waals surface area contributed by atoms with Gasteiger partial charge in [-0.05, 0) is 31.8 Å². The lowest BCUT2D eigenvalue weighted by atomic mass is 10.2. The van der Waals surface area contributed by atoms with E-state index in [1.807, 2.05) is 6.92 Å². The van der Waals surface area contributed by atoms with Gasteiger partial charge in [-0.1, -0.05) is 18.0 Å². The number of azide groups is 1. The van der Waals surface area contributed by atoms with E-state index in [4.69, 9.17) is 5.53 Å². The molecule has 0 aromatic rings. The molecule has 0 amide bonds. The van der Waals surface area contributed by atoms with Gasteiger partial charge >= 0.3 is 0 Å². The number of nitrogens with zero attached hydrogens (tertiary/aromatic N) is 3. The summed E-state index contributed by atoms with van der Waals surface area (Å²) in [6.07, 6.45) is 4.50. The Kier molecular flexibility index (Phi) is 9.42. The van der Waals surface area contributed by atoms with Gasteiger partial charge in [0.2, 0.25) is 0 Å². The minimum atomic E-state index is 0.281. The summed E-state index contributed by atoms with van der Waals surface area (Å²) in [7, 11) is 0. The lowest BCUT2D eigenvalue weighted by Gasteiger charge is -2.06. The molecule has 4 nitrogen and oxygen atoms in total. The van der Waals surface area contributed by atoms with Gasteiger partial charge in [0.1, 0.15) is 0 Å². The van der Waals surface area contributed by atoms with Crippen molar-refractivity contribution >= 4 is 12.6 Å². The van der Waals surface area contributed by atoms with Crippen LogP contribution in [0.1, 0.15) is 32.6 Å². The Morgan fingerprint density at radius 3 is 2.69 bits per heavy atom. The van der Waals surface area contributed by atoms with Gasteiger partial charge in [-0.3, -0.25) is 0 Å². The zero-order valence-corrected chi connectivity index (χ0v) is 9.00. The lowest BCUT2D eigenvalue weighted by molar-refractivity contribution is 0.590. The third kappa shape index (κ3) is 11.6. The summed E-state index contributed by atoms with van der Waals surface area (Å²) in [6, 6.07) is 0. The van der Waals surface area contributed by atoms with E-state index in [0.717, 1.165) is 19.4 Å². The summed E-state index contributed by atoms with van der Waals surface area (Å²) in [5.41, 5.74) is 8.01. The maximum Gasteiger partial charge on any atom is 0.0473 e. The first-order valence-electron chi connectivity index (χ1n) is 4.69. The maximum atomic E-state index is 8.01. The molecular formula is C8H18N4S. The molecule has 0 spiro atoms. The van der Waals surface area contributed by atoms with E-state index >= 15 is 0 Å². The molecule has 0 saturated carbocycles. The molecule has 0 aliphatic carbocycles. The van der Waals surface area contributed by atoms with Gasteiger partial charge in [0, 0.05) is 16.8 Å². The van der Waals surface area contributed by atoms with E-state index in [1.165, 1.54) is 12.8 Å². The average Bonchev–Trinajstić information content (AvgIpc) is 2.09. The normalized spacial score (nSPS) is 12.2. The first-order valence-corrected chi connectivity index (χ1v) is 5.21. The van der Waals surface area contributed by atoms with Gasteiger partial charge in [0.15, 0.2) is 0 Å². The zero-order valence-electron chi connectivity index (χ0n) is 8.11. The molecule has 5 heteroatoms. The Balaban J connectivity index is 2.95. The van der Waals surface area contributed by atoms with E-state index in [1.54, 1.807) is 0 Å². The van der Waals surface area contributed by atoms with Crippen molar-refractivity contribution < 1.29 is 0 Å². The molecule has 76 valence electrons. The van der Waals surface area contributed by atoms with E-state index in [2.05, 4.69) is 28.0 Å². The molecule has 0 rings (SSSR count). The number of rotatable bonds is 8. The summed E-state index contributed by atoms with van der Waals surface area (Å²) >= 11 is 4.20. The van der Waals surface area contributed by atoms with Crippen LogP contribution in [0.4, 0.5) is 0 Å². The molecule has 0 heterocycles. The second-order valence-corrected chi connectivity index (χ2v) is 3.77. The Labute approximate surface area is 85.1 Å². The van der Waals surface area contributed by atoms with Crippen LogP contribution < -0.4 is 5.32 Å². The van der Waals surface area contributed by atoms with Crippen molar-refractivity contribution in [2.45, 2.75) is 38.0 Å². The molecule has 13 heavy (non-hydrogen) atoms. The summed E-state index contributed by atoms with van der Waals surface area (Å²) < 4.78 is 0. The topological polar surface area (TPSA) is 60.8 Å². The number of hydrogen-bond acceptors (Lipinski definition) is 3. The molecule has 1 atom stereocenters. The van der Waals surface area contributed by atoms with Crippen LogP contribution in [0.2, 0.25) is 0 Å². The second-order valence-electron chi connectivity index (χ2n) is 3.00. The third-order valence-electron chi connectivity index (χ3n) is 1.69. The molecule has 1 N–H and O–H groups in total. The fourth-order valence-corrected chi connectivity index (χ4v) is 1.15. The molecular weight excluding hydrogens is 184 g/mol. The monoisotopic (exact) mass is 202 g/mol.